The van der Waals surface area contributed by atoms with E-state index >= 15 is 0 Å². The highest BCUT2D eigenvalue weighted by Crippen LogP contribution is 2.34. The van der Waals surface area contributed by atoms with E-state index in [2.05, 4.69) is 29.1 Å². The van der Waals surface area contributed by atoms with Gasteiger partial charge < -0.3 is 14.8 Å². The summed E-state index contributed by atoms with van der Waals surface area (Å²) >= 11 is 6.38. The first-order valence-corrected chi connectivity index (χ1v) is 9.09. The maximum absolute atomic E-state index is 12.2. The SMILES string of the molecule is CCC(CC)Nc1nc(C)c(-c2ccc(OCCF)cc2Cl)nc1OC. The van der Waals surface area contributed by atoms with Gasteiger partial charge in [-0.2, -0.15) is 0 Å². The van der Waals surface area contributed by atoms with Crippen molar-refractivity contribution in [1.29, 1.82) is 0 Å². The number of aromatic nitrogens is 2. The number of hydrogen-bond acceptors (Lipinski definition) is 5. The Hall–Kier alpha value is -2.08. The predicted molar refractivity (Wildman–Crippen MR) is 103 cm³/mol. The van der Waals surface area contributed by atoms with Crippen LogP contribution in [0.2, 0.25) is 5.02 Å². The molecular weight excluding hydrogens is 357 g/mol. The average molecular weight is 382 g/mol. The van der Waals surface area contributed by atoms with Crippen LogP contribution in [-0.2, 0) is 0 Å². The standard InChI is InChI=1S/C19H25ClFN3O2/c1-5-13(6-2)23-18-19(25-4)24-17(12(3)22-18)15-8-7-14(11-16(15)20)26-10-9-21/h7-8,11,13H,5-6,9-10H2,1-4H3,(H,22,23). The Bertz CT molecular complexity index is 739. The van der Waals surface area contributed by atoms with Crippen molar-refractivity contribution in [3.63, 3.8) is 0 Å². The normalized spacial score (nSPS) is 10.9. The molecule has 1 N–H and O–H groups in total. The first kappa shape index (κ1) is 20.2. The van der Waals surface area contributed by atoms with Crippen LogP contribution in [0.4, 0.5) is 10.2 Å². The van der Waals surface area contributed by atoms with Crippen LogP contribution in [0.25, 0.3) is 11.3 Å². The number of nitrogens with one attached hydrogen (secondary N) is 1. The highest BCUT2D eigenvalue weighted by molar-refractivity contribution is 6.33. The van der Waals surface area contributed by atoms with Crippen molar-refractivity contribution in [3.8, 4) is 22.9 Å². The fraction of sp³-hybridized carbons (Fsp3) is 0.474. The van der Waals surface area contributed by atoms with Gasteiger partial charge in [-0.05, 0) is 38.0 Å². The Morgan fingerprint density at radius 2 is 1.96 bits per heavy atom. The summed E-state index contributed by atoms with van der Waals surface area (Å²) in [4.78, 5) is 9.23. The molecule has 0 atom stereocenters. The van der Waals surface area contributed by atoms with Gasteiger partial charge in [-0.3, -0.25) is 0 Å². The zero-order valence-corrected chi connectivity index (χ0v) is 16.4. The van der Waals surface area contributed by atoms with Crippen molar-refractivity contribution in [1.82, 2.24) is 9.97 Å². The van der Waals surface area contributed by atoms with Crippen LogP contribution >= 0.6 is 11.6 Å². The molecule has 1 aromatic carbocycles. The third-order valence-corrected chi connectivity index (χ3v) is 4.41. The van der Waals surface area contributed by atoms with E-state index in [1.807, 2.05) is 6.92 Å². The molecule has 2 aromatic rings. The monoisotopic (exact) mass is 381 g/mol. The van der Waals surface area contributed by atoms with Gasteiger partial charge in [-0.15, -0.1) is 0 Å². The lowest BCUT2D eigenvalue weighted by Gasteiger charge is -2.19. The van der Waals surface area contributed by atoms with Crippen LogP contribution in [0.1, 0.15) is 32.4 Å². The molecule has 0 unspecified atom stereocenters. The van der Waals surface area contributed by atoms with E-state index in [9.17, 15) is 4.39 Å². The molecule has 0 spiro atoms. The lowest BCUT2D eigenvalue weighted by molar-refractivity contribution is 0.273. The number of halogens is 2. The smallest absolute Gasteiger partial charge is 0.257 e. The van der Waals surface area contributed by atoms with Crippen LogP contribution < -0.4 is 14.8 Å². The Morgan fingerprint density at radius 1 is 1.23 bits per heavy atom. The summed E-state index contributed by atoms with van der Waals surface area (Å²) in [5.41, 5.74) is 2.09. The quantitative estimate of drug-likeness (QED) is 0.657. The summed E-state index contributed by atoms with van der Waals surface area (Å²) in [5.74, 6) is 1.56. The Kier molecular flexibility index (Phi) is 7.45. The molecular formula is C19H25ClFN3O2. The lowest BCUT2D eigenvalue weighted by atomic mass is 10.1. The van der Waals surface area contributed by atoms with Crippen molar-refractivity contribution in [2.75, 3.05) is 25.7 Å². The Morgan fingerprint density at radius 3 is 2.54 bits per heavy atom. The highest BCUT2D eigenvalue weighted by Gasteiger charge is 2.17. The van der Waals surface area contributed by atoms with Crippen LogP contribution in [-0.4, -0.2) is 36.4 Å². The molecule has 0 saturated heterocycles. The van der Waals surface area contributed by atoms with Gasteiger partial charge in [0.1, 0.15) is 19.0 Å². The number of anilines is 1. The van der Waals surface area contributed by atoms with Crippen molar-refractivity contribution in [2.45, 2.75) is 39.7 Å². The second-order valence-electron chi connectivity index (χ2n) is 5.85. The predicted octanol–water partition coefficient (Wildman–Crippen LogP) is 5.06. The van der Waals surface area contributed by atoms with Crippen molar-refractivity contribution in [2.24, 2.45) is 0 Å². The Labute approximate surface area is 158 Å². The minimum atomic E-state index is -0.549. The molecule has 0 aliphatic heterocycles. The fourth-order valence-corrected chi connectivity index (χ4v) is 2.88. The fourth-order valence-electron chi connectivity index (χ4n) is 2.62. The molecule has 0 bridgehead atoms. The number of rotatable bonds is 9. The van der Waals surface area contributed by atoms with Gasteiger partial charge >= 0.3 is 0 Å². The maximum atomic E-state index is 12.2. The number of alkyl halides is 1. The van der Waals surface area contributed by atoms with Gasteiger partial charge in [0.15, 0.2) is 5.82 Å². The summed E-state index contributed by atoms with van der Waals surface area (Å²) < 4.78 is 22.9. The van der Waals surface area contributed by atoms with E-state index in [1.165, 1.54) is 0 Å². The lowest BCUT2D eigenvalue weighted by Crippen LogP contribution is -2.19. The van der Waals surface area contributed by atoms with Crippen LogP contribution in [0.3, 0.4) is 0 Å². The Balaban J connectivity index is 2.38. The van der Waals surface area contributed by atoms with Crippen LogP contribution in [0.5, 0.6) is 11.6 Å². The molecule has 7 heteroatoms. The van der Waals surface area contributed by atoms with E-state index in [0.717, 1.165) is 24.1 Å². The number of benzene rings is 1. The van der Waals surface area contributed by atoms with E-state index in [-0.39, 0.29) is 6.61 Å². The van der Waals surface area contributed by atoms with E-state index in [1.54, 1.807) is 25.3 Å². The molecule has 0 amide bonds. The molecule has 0 saturated carbocycles. The number of nitrogens with zero attached hydrogens (tertiary/aromatic N) is 2. The number of methoxy groups -OCH3 is 1. The largest absolute Gasteiger partial charge is 0.491 e. The number of hydrogen-bond donors (Lipinski definition) is 1. The summed E-state index contributed by atoms with van der Waals surface area (Å²) in [5, 5.41) is 3.84. The second-order valence-corrected chi connectivity index (χ2v) is 6.26. The molecule has 26 heavy (non-hydrogen) atoms. The maximum Gasteiger partial charge on any atom is 0.257 e. The van der Waals surface area contributed by atoms with E-state index in [4.69, 9.17) is 21.1 Å². The molecule has 0 fully saturated rings. The first-order valence-electron chi connectivity index (χ1n) is 8.71. The molecule has 5 nitrogen and oxygen atoms in total. The van der Waals surface area contributed by atoms with E-state index < -0.39 is 6.67 Å². The molecule has 1 aromatic heterocycles. The number of ether oxygens (including phenoxy) is 2. The topological polar surface area (TPSA) is 56.3 Å². The highest BCUT2D eigenvalue weighted by atomic mass is 35.5. The van der Waals surface area contributed by atoms with Gasteiger partial charge in [0.2, 0.25) is 0 Å². The number of aryl methyl sites for hydroxylation is 1. The van der Waals surface area contributed by atoms with Crippen molar-refractivity contribution >= 4 is 17.4 Å². The minimum Gasteiger partial charge on any atom is -0.491 e. The molecule has 2 rings (SSSR count). The van der Waals surface area contributed by atoms with Crippen LogP contribution in [0, 0.1) is 6.92 Å². The molecule has 142 valence electrons. The van der Waals surface area contributed by atoms with E-state index in [0.29, 0.717) is 34.2 Å². The summed E-state index contributed by atoms with van der Waals surface area (Å²) in [6, 6.07) is 5.48. The van der Waals surface area contributed by atoms with Gasteiger partial charge in [0.25, 0.3) is 5.88 Å². The zero-order chi connectivity index (χ0) is 19.1. The summed E-state index contributed by atoms with van der Waals surface area (Å²) in [6.07, 6.45) is 1.96. The first-order chi connectivity index (χ1) is 12.5. The average Bonchev–Trinajstić information content (AvgIpc) is 2.65. The second kappa shape index (κ2) is 9.57. The molecule has 0 aliphatic rings. The molecule has 1 heterocycles. The third-order valence-electron chi connectivity index (χ3n) is 4.10. The van der Waals surface area contributed by atoms with Crippen molar-refractivity contribution in [3.05, 3.63) is 28.9 Å². The zero-order valence-electron chi connectivity index (χ0n) is 15.6. The van der Waals surface area contributed by atoms with Gasteiger partial charge in [-0.1, -0.05) is 25.4 Å². The molecule has 0 aliphatic carbocycles. The van der Waals surface area contributed by atoms with Crippen molar-refractivity contribution < 1.29 is 13.9 Å². The third kappa shape index (κ3) is 4.75. The van der Waals surface area contributed by atoms with Gasteiger partial charge in [0.05, 0.1) is 23.5 Å². The van der Waals surface area contributed by atoms with Gasteiger partial charge in [0, 0.05) is 11.6 Å². The van der Waals surface area contributed by atoms with Gasteiger partial charge in [-0.25, -0.2) is 14.4 Å². The summed E-state index contributed by atoms with van der Waals surface area (Å²) in [6.45, 7) is 5.57. The molecule has 0 radical (unpaired) electrons. The minimum absolute atomic E-state index is 0.00127. The summed E-state index contributed by atoms with van der Waals surface area (Å²) in [7, 11) is 1.57. The van der Waals surface area contributed by atoms with Crippen LogP contribution in [0.15, 0.2) is 18.2 Å².